The Hall–Kier alpha value is -4.56. The van der Waals surface area contributed by atoms with Crippen LogP contribution in [0.1, 0.15) is 50.2 Å². The van der Waals surface area contributed by atoms with Gasteiger partial charge in [0.2, 0.25) is 0 Å². The molecule has 0 radical (unpaired) electrons. The number of hydrogen-bond acceptors (Lipinski definition) is 9. The fourth-order valence-corrected chi connectivity index (χ4v) is 7.76. The summed E-state index contributed by atoms with van der Waals surface area (Å²) in [6, 6.07) is 4.90. The molecule has 52 heavy (non-hydrogen) atoms. The van der Waals surface area contributed by atoms with Crippen molar-refractivity contribution in [3.63, 3.8) is 0 Å². The molecule has 0 bridgehead atoms. The number of ether oxygens (including phenoxy) is 1. The average Bonchev–Trinajstić information content (AvgIpc) is 3.90. The predicted octanol–water partition coefficient (Wildman–Crippen LogP) is 7.66. The van der Waals surface area contributed by atoms with Gasteiger partial charge in [-0.25, -0.2) is 18.0 Å². The van der Waals surface area contributed by atoms with Crippen molar-refractivity contribution in [3.8, 4) is 23.2 Å². The number of methoxy groups -OCH3 is 1. The molecule has 3 aliphatic rings. The van der Waals surface area contributed by atoms with Crippen molar-refractivity contribution in [2.24, 2.45) is 0 Å². The molecule has 4 aromatic rings. The molecule has 7 rings (SSSR count). The predicted molar refractivity (Wildman–Crippen MR) is 189 cm³/mol. The first-order valence-electron chi connectivity index (χ1n) is 16.8. The van der Waals surface area contributed by atoms with Crippen LogP contribution in [0.5, 0.6) is 6.01 Å². The largest absolute Gasteiger partial charge is 0.467 e. The van der Waals surface area contributed by atoms with E-state index in [-0.39, 0.29) is 56.0 Å². The summed E-state index contributed by atoms with van der Waals surface area (Å²) in [4.78, 5) is 24.9. The number of carbonyl (C=O) groups excluding carboxylic acids is 1. The number of nitriles is 1. The van der Waals surface area contributed by atoms with Gasteiger partial charge in [-0.2, -0.15) is 28.4 Å². The summed E-state index contributed by atoms with van der Waals surface area (Å²) in [5.41, 5.74) is 2.59. The maximum Gasteiger partial charge on any atom is 0.417 e. The third kappa shape index (κ3) is 7.92. The molecule has 3 saturated heterocycles. The SMILES string of the molecule is CCNc1nc(OC)nc2c(F)c(-c3ccc(F)c4sc(N)c(C#N)c34)c(C(F)(F)F)cc12.CN(C)C(=O)N1CCCC1.FC1CC2CCCN2C1. The molecule has 2 aromatic heterocycles. The monoisotopic (exact) mass is 750 g/mol. The van der Waals surface area contributed by atoms with E-state index in [9.17, 15) is 32.0 Å². The number of halogens is 6. The number of alkyl halides is 4. The second-order valence-corrected chi connectivity index (χ2v) is 13.9. The highest BCUT2D eigenvalue weighted by Gasteiger charge is 2.38. The quantitative estimate of drug-likeness (QED) is 0.204. The average molecular weight is 751 g/mol. The first-order chi connectivity index (χ1) is 24.7. The van der Waals surface area contributed by atoms with E-state index in [0.29, 0.717) is 23.9 Å². The Morgan fingerprint density at radius 1 is 1.17 bits per heavy atom. The molecule has 2 aromatic carbocycles. The zero-order valence-corrected chi connectivity index (χ0v) is 30.0. The van der Waals surface area contributed by atoms with Crippen LogP contribution in [-0.4, -0.2) is 96.8 Å². The molecular formula is C35H40F6N8O2S. The van der Waals surface area contributed by atoms with Crippen LogP contribution in [0.4, 0.5) is 42.0 Å². The maximum absolute atomic E-state index is 15.9. The molecule has 0 spiro atoms. The van der Waals surface area contributed by atoms with Crippen molar-refractivity contribution >= 4 is 49.2 Å². The fraction of sp³-hybridized carbons (Fsp3) is 0.486. The summed E-state index contributed by atoms with van der Waals surface area (Å²) in [6.07, 6.45) is 0.148. The highest BCUT2D eigenvalue weighted by molar-refractivity contribution is 7.23. The minimum atomic E-state index is -5.00. The van der Waals surface area contributed by atoms with Gasteiger partial charge in [-0.3, -0.25) is 4.90 Å². The Morgan fingerprint density at radius 2 is 1.88 bits per heavy atom. The first kappa shape index (κ1) is 38.7. The molecule has 3 fully saturated rings. The number of likely N-dealkylation sites (tertiary alicyclic amines) is 1. The Morgan fingerprint density at radius 3 is 2.48 bits per heavy atom. The number of nitrogens with zero attached hydrogens (tertiary/aromatic N) is 6. The van der Waals surface area contributed by atoms with E-state index in [1.54, 1.807) is 32.0 Å². The third-order valence-electron chi connectivity index (χ3n) is 9.16. The number of fused-ring (bicyclic) bond motifs is 3. The van der Waals surface area contributed by atoms with Gasteiger partial charge in [-0.1, -0.05) is 6.07 Å². The molecular weight excluding hydrogens is 710 g/mol. The molecule has 3 aliphatic heterocycles. The second kappa shape index (κ2) is 16.0. The van der Waals surface area contributed by atoms with Gasteiger partial charge in [0.1, 0.15) is 34.4 Å². The van der Waals surface area contributed by atoms with Crippen LogP contribution in [0.3, 0.4) is 0 Å². The van der Waals surface area contributed by atoms with Crippen LogP contribution in [-0.2, 0) is 6.18 Å². The van der Waals surface area contributed by atoms with Crippen LogP contribution in [0, 0.1) is 23.0 Å². The summed E-state index contributed by atoms with van der Waals surface area (Å²) >= 11 is 0.698. The van der Waals surface area contributed by atoms with Crippen LogP contribution in [0.25, 0.3) is 32.1 Å². The van der Waals surface area contributed by atoms with Crippen LogP contribution >= 0.6 is 11.3 Å². The molecule has 10 nitrogen and oxygen atoms in total. The van der Waals surface area contributed by atoms with Gasteiger partial charge in [0.25, 0.3) is 0 Å². The topological polar surface area (TPSA) is 124 Å². The Labute approximate surface area is 301 Å². The number of carbonyl (C=O) groups is 1. The summed E-state index contributed by atoms with van der Waals surface area (Å²) in [6.45, 7) is 5.72. The molecule has 3 N–H and O–H groups in total. The first-order valence-corrected chi connectivity index (χ1v) is 17.7. The van der Waals surface area contributed by atoms with Gasteiger partial charge < -0.3 is 25.6 Å². The van der Waals surface area contributed by atoms with Gasteiger partial charge in [0.05, 0.1) is 22.9 Å². The number of benzene rings is 2. The lowest BCUT2D eigenvalue weighted by Gasteiger charge is -2.20. The normalized spacial score (nSPS) is 18.4. The lowest BCUT2D eigenvalue weighted by Crippen LogP contribution is -2.36. The van der Waals surface area contributed by atoms with Crippen molar-refractivity contribution in [2.75, 3.05) is 65.0 Å². The number of anilines is 2. The maximum atomic E-state index is 15.9. The van der Waals surface area contributed by atoms with Crippen molar-refractivity contribution in [3.05, 3.63) is 41.0 Å². The highest BCUT2D eigenvalue weighted by atomic mass is 32.1. The van der Waals surface area contributed by atoms with Gasteiger partial charge >= 0.3 is 18.2 Å². The number of nitrogens with one attached hydrogen (secondary N) is 1. The third-order valence-corrected chi connectivity index (χ3v) is 10.2. The molecule has 280 valence electrons. The number of urea groups is 1. The zero-order valence-electron chi connectivity index (χ0n) is 29.2. The van der Waals surface area contributed by atoms with E-state index in [1.807, 2.05) is 4.90 Å². The van der Waals surface area contributed by atoms with E-state index < -0.39 is 40.6 Å². The number of hydrogen-bond donors (Lipinski definition) is 2. The zero-order chi connectivity index (χ0) is 37.9. The molecule has 17 heteroatoms. The fourth-order valence-electron chi connectivity index (χ4n) is 6.81. The van der Waals surface area contributed by atoms with Crippen molar-refractivity contribution in [1.82, 2.24) is 24.7 Å². The van der Waals surface area contributed by atoms with Gasteiger partial charge in [-0.05, 0) is 63.3 Å². The molecule has 2 amide bonds. The molecule has 2 atom stereocenters. The molecule has 0 aliphatic carbocycles. The number of nitrogens with two attached hydrogens (primary N) is 1. The highest BCUT2D eigenvalue weighted by Crippen LogP contribution is 2.47. The van der Waals surface area contributed by atoms with Crippen LogP contribution in [0.2, 0.25) is 0 Å². The number of amides is 2. The summed E-state index contributed by atoms with van der Waals surface area (Å²) in [5, 5.41) is 11.8. The van der Waals surface area contributed by atoms with E-state index in [2.05, 4.69) is 20.2 Å². The van der Waals surface area contributed by atoms with Gasteiger partial charge in [0.15, 0.2) is 5.82 Å². The minimum Gasteiger partial charge on any atom is -0.467 e. The van der Waals surface area contributed by atoms with E-state index in [4.69, 9.17) is 10.5 Å². The lowest BCUT2D eigenvalue weighted by atomic mass is 9.92. The number of nitrogen functional groups attached to an aromatic ring is 1. The van der Waals surface area contributed by atoms with Crippen molar-refractivity contribution in [1.29, 1.82) is 5.26 Å². The van der Waals surface area contributed by atoms with Crippen molar-refractivity contribution < 1.29 is 35.9 Å². The lowest BCUT2D eigenvalue weighted by molar-refractivity contribution is -0.137. The number of rotatable bonds is 4. The number of thiophene rings is 1. The molecule has 2 unspecified atom stereocenters. The summed E-state index contributed by atoms with van der Waals surface area (Å²) < 4.78 is 90.2. The Balaban J connectivity index is 0.000000221. The van der Waals surface area contributed by atoms with Gasteiger partial charge in [0, 0.05) is 62.7 Å². The molecule has 0 saturated carbocycles. The second-order valence-electron chi connectivity index (χ2n) is 12.8. The minimum absolute atomic E-state index is 0.0444. The van der Waals surface area contributed by atoms with E-state index in [0.717, 1.165) is 44.3 Å². The summed E-state index contributed by atoms with van der Waals surface area (Å²) in [5.74, 6) is -2.15. The van der Waals surface area contributed by atoms with Crippen LogP contribution < -0.4 is 15.8 Å². The summed E-state index contributed by atoms with van der Waals surface area (Å²) in [7, 11) is 4.82. The van der Waals surface area contributed by atoms with Gasteiger partial charge in [-0.15, -0.1) is 11.3 Å². The van der Waals surface area contributed by atoms with Crippen molar-refractivity contribution in [2.45, 2.75) is 57.4 Å². The number of aromatic nitrogens is 2. The Bertz CT molecular complexity index is 1960. The van der Waals surface area contributed by atoms with E-state index in [1.165, 1.54) is 32.8 Å². The molecule has 5 heterocycles. The standard InChI is InChI=1S/C21H14F5N5OS.C7H12FN.C7H14N2O/c1-3-29-19-9-6-11(21(24,25)26)14(15(23)16(9)30-20(31-19)32-2)8-4-5-12(22)17-13(8)10(7-27)18(28)33-17;8-6-4-7-2-1-3-9(7)5-6;1-8(2)7(10)9-5-3-4-6-9/h4-6H,3,28H2,1-2H3,(H,29,30,31);6-7H,1-5H2;3-6H2,1-2H3. The smallest absolute Gasteiger partial charge is 0.417 e. The Kier molecular flexibility index (Phi) is 11.9. The van der Waals surface area contributed by atoms with Crippen LogP contribution in [0.15, 0.2) is 18.2 Å². The van der Waals surface area contributed by atoms with E-state index >= 15 is 4.39 Å².